The zero-order chi connectivity index (χ0) is 14.6. The van der Waals surface area contributed by atoms with Gasteiger partial charge in [0.25, 0.3) is 0 Å². The quantitative estimate of drug-likeness (QED) is 0.854. The average molecular weight is 299 g/mol. The van der Waals surface area contributed by atoms with E-state index in [1.165, 1.54) is 23.4 Å². The summed E-state index contributed by atoms with van der Waals surface area (Å²) in [5.74, 6) is 0.164. The Morgan fingerprint density at radius 3 is 2.70 bits per heavy atom. The van der Waals surface area contributed by atoms with Crippen LogP contribution in [0.1, 0.15) is 12.8 Å². The highest BCUT2D eigenvalue weighted by molar-refractivity contribution is 7.89. The van der Waals surface area contributed by atoms with Gasteiger partial charge in [-0.3, -0.25) is 4.98 Å². The first-order valence-corrected chi connectivity index (χ1v) is 7.85. The summed E-state index contributed by atoms with van der Waals surface area (Å²) in [5, 5.41) is 8.84. The van der Waals surface area contributed by atoms with Gasteiger partial charge < -0.3 is 10.0 Å². The van der Waals surface area contributed by atoms with Crippen LogP contribution in [-0.2, 0) is 10.0 Å². The Morgan fingerprint density at radius 2 is 2.15 bits per heavy atom. The van der Waals surface area contributed by atoms with Gasteiger partial charge in [-0.15, -0.1) is 0 Å². The molecule has 0 bridgehead atoms. The fourth-order valence-corrected chi connectivity index (χ4v) is 3.22. The molecule has 1 aromatic rings. The summed E-state index contributed by atoms with van der Waals surface area (Å²) in [6, 6.07) is 3.06. The molecule has 2 rings (SSSR count). The molecular formula is C12H17N3O4S. The molecule has 2 heterocycles. The molecule has 1 aliphatic rings. The van der Waals surface area contributed by atoms with Crippen molar-refractivity contribution in [3.8, 4) is 0 Å². The number of aromatic nitrogens is 1. The van der Waals surface area contributed by atoms with Crippen LogP contribution >= 0.6 is 0 Å². The van der Waals surface area contributed by atoms with E-state index in [1.54, 1.807) is 6.07 Å². The standard InChI is InChI=1S/C12H17N3O4S/c16-12(17)15-6-3-10(4-7-15)8-14-20(18,19)11-2-1-5-13-9-11/h1-2,5,9-10,14H,3-4,6-8H2,(H,16,17). The number of pyridine rings is 1. The van der Waals surface area contributed by atoms with E-state index < -0.39 is 16.1 Å². The molecule has 8 heteroatoms. The predicted octanol–water partition coefficient (Wildman–Crippen LogP) is 0.750. The fraction of sp³-hybridized carbons (Fsp3) is 0.500. The van der Waals surface area contributed by atoms with Crippen LogP contribution in [0.5, 0.6) is 0 Å². The zero-order valence-electron chi connectivity index (χ0n) is 10.9. The van der Waals surface area contributed by atoms with Crippen LogP contribution in [0.2, 0.25) is 0 Å². The summed E-state index contributed by atoms with van der Waals surface area (Å²) in [4.78, 5) is 16.0. The lowest BCUT2D eigenvalue weighted by Crippen LogP contribution is -2.40. The molecule has 2 N–H and O–H groups in total. The molecule has 0 radical (unpaired) electrons. The third kappa shape index (κ3) is 3.67. The molecule has 0 atom stereocenters. The van der Waals surface area contributed by atoms with E-state index in [0.717, 1.165) is 0 Å². The van der Waals surface area contributed by atoms with Crippen LogP contribution in [0.25, 0.3) is 0 Å². The largest absolute Gasteiger partial charge is 0.465 e. The van der Waals surface area contributed by atoms with E-state index in [4.69, 9.17) is 5.11 Å². The summed E-state index contributed by atoms with van der Waals surface area (Å²) in [6.45, 7) is 1.23. The van der Waals surface area contributed by atoms with Crippen molar-refractivity contribution in [1.29, 1.82) is 0 Å². The van der Waals surface area contributed by atoms with Gasteiger partial charge in [-0.05, 0) is 30.9 Å². The third-order valence-electron chi connectivity index (χ3n) is 3.39. The molecule has 0 unspecified atom stereocenters. The minimum atomic E-state index is -3.53. The minimum absolute atomic E-state index is 0.142. The summed E-state index contributed by atoms with van der Waals surface area (Å²) in [6.07, 6.45) is 3.24. The number of carbonyl (C=O) groups is 1. The number of sulfonamides is 1. The fourth-order valence-electron chi connectivity index (χ4n) is 2.15. The van der Waals surface area contributed by atoms with Crippen molar-refractivity contribution in [2.45, 2.75) is 17.7 Å². The van der Waals surface area contributed by atoms with Gasteiger partial charge in [0.05, 0.1) is 0 Å². The van der Waals surface area contributed by atoms with E-state index in [0.29, 0.717) is 32.5 Å². The molecule has 0 saturated carbocycles. The second-order valence-corrected chi connectivity index (χ2v) is 6.52. The van der Waals surface area contributed by atoms with Crippen molar-refractivity contribution in [1.82, 2.24) is 14.6 Å². The van der Waals surface area contributed by atoms with Gasteiger partial charge in [0.1, 0.15) is 4.90 Å². The Bertz CT molecular complexity index is 553. The van der Waals surface area contributed by atoms with E-state index >= 15 is 0 Å². The number of likely N-dealkylation sites (tertiary alicyclic amines) is 1. The molecule has 0 spiro atoms. The SMILES string of the molecule is O=C(O)N1CCC(CNS(=O)(=O)c2cccnc2)CC1. The van der Waals surface area contributed by atoms with Crippen molar-refractivity contribution in [2.75, 3.05) is 19.6 Å². The maximum absolute atomic E-state index is 12.0. The van der Waals surface area contributed by atoms with Crippen molar-refractivity contribution in [2.24, 2.45) is 5.92 Å². The molecule has 1 aromatic heterocycles. The van der Waals surface area contributed by atoms with Gasteiger partial charge in [0.2, 0.25) is 10.0 Å². The van der Waals surface area contributed by atoms with Crippen molar-refractivity contribution in [3.63, 3.8) is 0 Å². The summed E-state index contributed by atoms with van der Waals surface area (Å²) in [7, 11) is -3.53. The van der Waals surface area contributed by atoms with Crippen LogP contribution < -0.4 is 4.72 Å². The molecule has 0 aromatic carbocycles. The number of nitrogens with zero attached hydrogens (tertiary/aromatic N) is 2. The van der Waals surface area contributed by atoms with Crippen molar-refractivity contribution >= 4 is 16.1 Å². The average Bonchev–Trinajstić information content (AvgIpc) is 2.46. The molecule has 1 fully saturated rings. The second kappa shape index (κ2) is 6.19. The minimum Gasteiger partial charge on any atom is -0.465 e. The van der Waals surface area contributed by atoms with E-state index in [2.05, 4.69) is 9.71 Å². The van der Waals surface area contributed by atoms with Crippen LogP contribution in [0.4, 0.5) is 4.79 Å². The normalized spacial score (nSPS) is 17.1. The van der Waals surface area contributed by atoms with E-state index in [9.17, 15) is 13.2 Å². The molecular weight excluding hydrogens is 282 g/mol. The van der Waals surface area contributed by atoms with E-state index in [1.807, 2.05) is 0 Å². The number of nitrogens with one attached hydrogen (secondary N) is 1. The number of carboxylic acid groups (broad SMARTS) is 1. The van der Waals surface area contributed by atoms with Gasteiger partial charge in [-0.25, -0.2) is 17.9 Å². The van der Waals surface area contributed by atoms with Crippen LogP contribution in [0.3, 0.4) is 0 Å². The van der Waals surface area contributed by atoms with Gasteiger partial charge >= 0.3 is 6.09 Å². The molecule has 1 amide bonds. The molecule has 7 nitrogen and oxygen atoms in total. The second-order valence-electron chi connectivity index (χ2n) is 4.75. The molecule has 0 aliphatic carbocycles. The highest BCUT2D eigenvalue weighted by atomic mass is 32.2. The van der Waals surface area contributed by atoms with Gasteiger partial charge in [-0.2, -0.15) is 0 Å². The molecule has 20 heavy (non-hydrogen) atoms. The maximum atomic E-state index is 12.0. The number of hydrogen-bond donors (Lipinski definition) is 2. The summed E-state index contributed by atoms with van der Waals surface area (Å²) < 4.78 is 26.5. The lowest BCUT2D eigenvalue weighted by molar-refractivity contribution is 0.125. The number of piperidine rings is 1. The summed E-state index contributed by atoms with van der Waals surface area (Å²) >= 11 is 0. The van der Waals surface area contributed by atoms with Crippen LogP contribution in [-0.4, -0.2) is 49.1 Å². The smallest absolute Gasteiger partial charge is 0.407 e. The van der Waals surface area contributed by atoms with Crippen LogP contribution in [0, 0.1) is 5.92 Å². The Labute approximate surface area is 117 Å². The Hall–Kier alpha value is -1.67. The molecule has 1 aliphatic heterocycles. The lowest BCUT2D eigenvalue weighted by Gasteiger charge is -2.29. The first-order chi connectivity index (χ1) is 9.49. The number of rotatable bonds is 4. The highest BCUT2D eigenvalue weighted by Gasteiger charge is 2.24. The zero-order valence-corrected chi connectivity index (χ0v) is 11.7. The topological polar surface area (TPSA) is 99.6 Å². The summed E-state index contributed by atoms with van der Waals surface area (Å²) in [5.41, 5.74) is 0. The molecule has 1 saturated heterocycles. The molecule has 110 valence electrons. The predicted molar refractivity (Wildman–Crippen MR) is 71.7 cm³/mol. The third-order valence-corrected chi connectivity index (χ3v) is 4.80. The number of hydrogen-bond acceptors (Lipinski definition) is 4. The van der Waals surface area contributed by atoms with Gasteiger partial charge in [-0.1, -0.05) is 0 Å². The first kappa shape index (κ1) is 14.7. The lowest BCUT2D eigenvalue weighted by atomic mass is 9.97. The maximum Gasteiger partial charge on any atom is 0.407 e. The van der Waals surface area contributed by atoms with Gasteiger partial charge in [0, 0.05) is 32.0 Å². The Kier molecular flexibility index (Phi) is 4.56. The van der Waals surface area contributed by atoms with E-state index in [-0.39, 0.29) is 10.8 Å². The monoisotopic (exact) mass is 299 g/mol. The van der Waals surface area contributed by atoms with Crippen molar-refractivity contribution < 1.29 is 18.3 Å². The highest BCUT2D eigenvalue weighted by Crippen LogP contribution is 2.17. The first-order valence-electron chi connectivity index (χ1n) is 6.36. The van der Waals surface area contributed by atoms with Gasteiger partial charge in [0.15, 0.2) is 0 Å². The number of amides is 1. The van der Waals surface area contributed by atoms with Crippen LogP contribution in [0.15, 0.2) is 29.4 Å². The Morgan fingerprint density at radius 1 is 1.45 bits per heavy atom. The van der Waals surface area contributed by atoms with Crippen molar-refractivity contribution in [3.05, 3.63) is 24.5 Å². The Balaban J connectivity index is 1.86.